The van der Waals surface area contributed by atoms with Gasteiger partial charge in [-0.1, -0.05) is 30.3 Å². The Morgan fingerprint density at radius 2 is 1.83 bits per heavy atom. The van der Waals surface area contributed by atoms with Crippen LogP contribution in [0.15, 0.2) is 61.1 Å². The number of hydrogen-bond donors (Lipinski definition) is 3. The lowest BCUT2D eigenvalue weighted by Crippen LogP contribution is -2.41. The van der Waals surface area contributed by atoms with Gasteiger partial charge < -0.3 is 25.8 Å². The minimum absolute atomic E-state index is 0.0873. The van der Waals surface area contributed by atoms with Gasteiger partial charge in [0, 0.05) is 42.8 Å². The lowest BCUT2D eigenvalue weighted by Gasteiger charge is -2.39. The van der Waals surface area contributed by atoms with Gasteiger partial charge in [-0.2, -0.15) is 23.1 Å². The summed E-state index contributed by atoms with van der Waals surface area (Å²) in [6, 6.07) is 12.3. The van der Waals surface area contributed by atoms with Crippen molar-refractivity contribution in [2.45, 2.75) is 37.6 Å². The molecular weight excluding hydrogens is 551 g/mol. The maximum atomic E-state index is 14.2. The van der Waals surface area contributed by atoms with E-state index in [0.717, 1.165) is 22.0 Å². The van der Waals surface area contributed by atoms with Gasteiger partial charge in [0.1, 0.15) is 18.2 Å². The number of nitrogen functional groups attached to an aromatic ring is 1. The van der Waals surface area contributed by atoms with Gasteiger partial charge in [-0.3, -0.25) is 4.79 Å². The number of nitrogens with one attached hydrogen (secondary N) is 1. The molecule has 13 heteroatoms. The zero-order valence-electron chi connectivity index (χ0n) is 22.4. The standard InChI is InChI=1S/C29H28F3N7O3/c30-29(31,32)25(18-3-1-17(2-4-18)19-5-6-21-20(11-19)14-34-16-36-21)42-24-12-23(37-27(33)38-24)39-9-7-28(8-10-39)13-22(26(40)41)35-15-28/h1-6,11-12,14,16,22,25,35H,7-10,13,15H2,(H,40,41)(H2,33,37,38)/t22?,25-/m1/s1. The van der Waals surface area contributed by atoms with Crippen molar-refractivity contribution in [3.63, 3.8) is 0 Å². The molecule has 6 rings (SSSR count). The van der Waals surface area contributed by atoms with Crippen molar-refractivity contribution in [1.82, 2.24) is 25.3 Å². The van der Waals surface area contributed by atoms with Gasteiger partial charge in [-0.15, -0.1) is 0 Å². The topological polar surface area (TPSA) is 139 Å². The predicted octanol–water partition coefficient (Wildman–Crippen LogP) is 4.38. The Hall–Kier alpha value is -4.52. The Morgan fingerprint density at radius 3 is 2.52 bits per heavy atom. The normalized spacial score (nSPS) is 19.2. The first kappa shape index (κ1) is 27.6. The Morgan fingerprint density at radius 1 is 1.10 bits per heavy atom. The third-order valence-corrected chi connectivity index (χ3v) is 8.10. The number of aliphatic carboxylic acids is 1. The summed E-state index contributed by atoms with van der Waals surface area (Å²) in [5.41, 5.74) is 7.98. The van der Waals surface area contributed by atoms with Crippen molar-refractivity contribution in [2.24, 2.45) is 5.41 Å². The van der Waals surface area contributed by atoms with Crippen molar-refractivity contribution < 1.29 is 27.8 Å². The fraction of sp³-hybridized carbons (Fsp3) is 0.345. The first-order chi connectivity index (χ1) is 20.1. The number of nitrogens with two attached hydrogens (primary N) is 1. The van der Waals surface area contributed by atoms with Crippen molar-refractivity contribution in [2.75, 3.05) is 30.3 Å². The number of aromatic nitrogens is 4. The highest BCUT2D eigenvalue weighted by Crippen LogP contribution is 2.41. The van der Waals surface area contributed by atoms with E-state index < -0.39 is 24.3 Å². The molecule has 2 fully saturated rings. The average Bonchev–Trinajstić information content (AvgIpc) is 3.39. The lowest BCUT2D eigenvalue weighted by molar-refractivity contribution is -0.198. The molecular formula is C29H28F3N7O3. The first-order valence-corrected chi connectivity index (χ1v) is 13.5. The van der Waals surface area contributed by atoms with Gasteiger partial charge in [-0.25, -0.2) is 9.97 Å². The highest BCUT2D eigenvalue weighted by molar-refractivity contribution is 5.83. The summed E-state index contributed by atoms with van der Waals surface area (Å²) in [5, 5.41) is 13.2. The van der Waals surface area contributed by atoms with Crippen LogP contribution in [0.5, 0.6) is 5.88 Å². The number of piperidine rings is 1. The fourth-order valence-electron chi connectivity index (χ4n) is 5.79. The van der Waals surface area contributed by atoms with E-state index in [4.69, 9.17) is 10.5 Å². The monoisotopic (exact) mass is 579 g/mol. The van der Waals surface area contributed by atoms with Gasteiger partial charge >= 0.3 is 12.1 Å². The number of anilines is 2. The van der Waals surface area contributed by atoms with Crippen LogP contribution in [0, 0.1) is 5.41 Å². The van der Waals surface area contributed by atoms with Crippen LogP contribution in [-0.2, 0) is 4.79 Å². The molecule has 0 amide bonds. The number of benzene rings is 2. The highest BCUT2D eigenvalue weighted by atomic mass is 19.4. The number of carbonyl (C=O) groups is 1. The summed E-state index contributed by atoms with van der Waals surface area (Å²) < 4.78 is 48.1. The van der Waals surface area contributed by atoms with Crippen molar-refractivity contribution >= 4 is 28.6 Å². The molecule has 42 heavy (non-hydrogen) atoms. The van der Waals surface area contributed by atoms with Gasteiger partial charge in [-0.05, 0) is 47.9 Å². The van der Waals surface area contributed by atoms with E-state index in [1.165, 1.54) is 24.5 Å². The number of rotatable bonds is 6. The Kier molecular flexibility index (Phi) is 7.05. The third-order valence-electron chi connectivity index (χ3n) is 8.10. The highest BCUT2D eigenvalue weighted by Gasteiger charge is 2.45. The molecule has 10 nitrogen and oxygen atoms in total. The quantitative estimate of drug-likeness (QED) is 0.301. The number of carboxylic acids is 1. The maximum absolute atomic E-state index is 14.2. The van der Waals surface area contributed by atoms with Crippen LogP contribution in [0.25, 0.3) is 22.0 Å². The fourth-order valence-corrected chi connectivity index (χ4v) is 5.79. The van der Waals surface area contributed by atoms with E-state index >= 15 is 0 Å². The van der Waals surface area contributed by atoms with Crippen LogP contribution in [0.1, 0.15) is 30.9 Å². The van der Waals surface area contributed by atoms with Gasteiger partial charge in [0.05, 0.1) is 5.52 Å². The van der Waals surface area contributed by atoms with Gasteiger partial charge in [0.2, 0.25) is 17.9 Å². The van der Waals surface area contributed by atoms with E-state index in [2.05, 4.69) is 25.3 Å². The average molecular weight is 580 g/mol. The van der Waals surface area contributed by atoms with Crippen molar-refractivity contribution in [3.8, 4) is 17.0 Å². The molecule has 2 atom stereocenters. The Bertz CT molecular complexity index is 1610. The third kappa shape index (κ3) is 5.64. The molecule has 0 radical (unpaired) electrons. The lowest BCUT2D eigenvalue weighted by atomic mass is 9.76. The van der Waals surface area contributed by atoms with Crippen LogP contribution in [0.2, 0.25) is 0 Å². The van der Waals surface area contributed by atoms with E-state index in [9.17, 15) is 23.1 Å². The number of fused-ring (bicyclic) bond motifs is 1. The molecule has 218 valence electrons. The van der Waals surface area contributed by atoms with Crippen LogP contribution >= 0.6 is 0 Å². The van der Waals surface area contributed by atoms with Crippen LogP contribution < -0.4 is 20.7 Å². The molecule has 2 aliphatic rings. The molecule has 4 aromatic rings. The largest absolute Gasteiger partial charge is 0.480 e. The van der Waals surface area contributed by atoms with Gasteiger partial charge in [0.25, 0.3) is 0 Å². The molecule has 2 aromatic carbocycles. The molecule has 4 N–H and O–H groups in total. The number of carboxylic acid groups (broad SMARTS) is 1. The van der Waals surface area contributed by atoms with E-state index in [1.807, 2.05) is 23.1 Å². The smallest absolute Gasteiger partial charge is 0.429 e. The van der Waals surface area contributed by atoms with Crippen LogP contribution in [-0.4, -0.2) is 62.9 Å². The molecule has 2 aromatic heterocycles. The molecule has 2 saturated heterocycles. The first-order valence-electron chi connectivity index (χ1n) is 13.5. The molecule has 4 heterocycles. The minimum Gasteiger partial charge on any atom is -0.480 e. The number of hydrogen-bond acceptors (Lipinski definition) is 9. The van der Waals surface area contributed by atoms with Crippen LogP contribution in [0.4, 0.5) is 24.9 Å². The van der Waals surface area contributed by atoms with Crippen LogP contribution in [0.3, 0.4) is 0 Å². The SMILES string of the molecule is Nc1nc(O[C@H](c2ccc(-c3ccc4ncncc4c3)cc2)C(F)(F)F)cc(N2CCC3(CC2)CNC(C(=O)O)C3)n1. The minimum atomic E-state index is -4.73. The molecule has 0 saturated carbocycles. The summed E-state index contributed by atoms with van der Waals surface area (Å²) in [7, 11) is 0. The summed E-state index contributed by atoms with van der Waals surface area (Å²) >= 11 is 0. The number of halogens is 3. The molecule has 0 aliphatic carbocycles. The van der Waals surface area contributed by atoms with Crippen molar-refractivity contribution in [1.29, 1.82) is 0 Å². The Balaban J connectivity index is 1.19. The number of ether oxygens (including phenoxy) is 1. The second-order valence-corrected chi connectivity index (χ2v) is 10.8. The number of nitrogens with zero attached hydrogens (tertiary/aromatic N) is 5. The summed E-state index contributed by atoms with van der Waals surface area (Å²) in [6.45, 7) is 1.71. The second-order valence-electron chi connectivity index (χ2n) is 10.8. The molecule has 1 unspecified atom stereocenters. The second kappa shape index (κ2) is 10.7. The van der Waals surface area contributed by atoms with E-state index in [1.54, 1.807) is 18.3 Å². The van der Waals surface area contributed by atoms with E-state index in [-0.39, 0.29) is 22.8 Å². The zero-order chi connectivity index (χ0) is 29.5. The molecule has 2 aliphatic heterocycles. The maximum Gasteiger partial charge on any atom is 0.429 e. The predicted molar refractivity (Wildman–Crippen MR) is 149 cm³/mol. The summed E-state index contributed by atoms with van der Waals surface area (Å²) in [5.74, 6) is -0.984. The summed E-state index contributed by atoms with van der Waals surface area (Å²) in [6.07, 6.45) is -1.90. The molecule has 1 spiro atoms. The van der Waals surface area contributed by atoms with E-state index in [0.29, 0.717) is 44.7 Å². The Labute approximate surface area is 238 Å². The summed E-state index contributed by atoms with van der Waals surface area (Å²) in [4.78, 5) is 29.7. The zero-order valence-corrected chi connectivity index (χ0v) is 22.4. The number of alkyl halides is 3. The van der Waals surface area contributed by atoms with Gasteiger partial charge in [0.15, 0.2) is 0 Å². The van der Waals surface area contributed by atoms with Crippen molar-refractivity contribution in [3.05, 3.63) is 66.6 Å². The molecule has 0 bridgehead atoms.